The molecule has 2 aromatic carbocycles. The highest BCUT2D eigenvalue weighted by atomic mass is 79.9. The SMILES string of the molecule is Cc1cccc(Nc2nc(NC3CCN(S(=O)(=O)CCNC(=O)CCCCCCCCCCc4cccc5c4CN(C4CCC(=O)NC4=O)C5=O)CC3)ncc2Br)c1C(N)=O. The lowest BCUT2D eigenvalue weighted by Crippen LogP contribution is -2.52. The largest absolute Gasteiger partial charge is 0.366 e. The summed E-state index contributed by atoms with van der Waals surface area (Å²) in [5, 5.41) is 11.6. The molecule has 3 aromatic rings. The van der Waals surface area contributed by atoms with E-state index in [1.165, 1.54) is 4.31 Å². The lowest BCUT2D eigenvalue weighted by molar-refractivity contribution is -0.137. The van der Waals surface area contributed by atoms with Crippen molar-refractivity contribution in [3.63, 3.8) is 0 Å². The van der Waals surface area contributed by atoms with Crippen LogP contribution in [-0.4, -0.2) is 94.6 Å². The minimum absolute atomic E-state index is 0.0434. The van der Waals surface area contributed by atoms with Crippen molar-refractivity contribution in [2.45, 2.75) is 115 Å². The first-order chi connectivity index (χ1) is 29.3. The van der Waals surface area contributed by atoms with E-state index in [4.69, 9.17) is 5.73 Å². The molecule has 0 spiro atoms. The summed E-state index contributed by atoms with van der Waals surface area (Å²) in [5.41, 5.74) is 10.0. The van der Waals surface area contributed by atoms with Crippen LogP contribution in [0, 0.1) is 6.92 Å². The van der Waals surface area contributed by atoms with Crippen molar-refractivity contribution in [1.82, 2.24) is 29.8 Å². The van der Waals surface area contributed by atoms with Gasteiger partial charge in [0, 0.05) is 56.8 Å². The molecule has 0 bridgehead atoms. The molecule has 1 unspecified atom stereocenters. The Labute approximate surface area is 365 Å². The Balaban J connectivity index is 0.802. The number of nitrogens with two attached hydrogens (primary N) is 1. The molecule has 0 saturated carbocycles. The molecule has 2 saturated heterocycles. The zero-order chi connectivity index (χ0) is 43.5. The number of imide groups is 1. The van der Waals surface area contributed by atoms with Gasteiger partial charge < -0.3 is 26.6 Å². The molecule has 18 heteroatoms. The van der Waals surface area contributed by atoms with Crippen LogP contribution >= 0.6 is 15.9 Å². The van der Waals surface area contributed by atoms with Crippen molar-refractivity contribution in [3.05, 3.63) is 74.9 Å². The maximum atomic E-state index is 13.1. The zero-order valence-corrected chi connectivity index (χ0v) is 37.0. The summed E-state index contributed by atoms with van der Waals surface area (Å²) in [7, 11) is -3.54. The van der Waals surface area contributed by atoms with Crippen molar-refractivity contribution in [1.29, 1.82) is 0 Å². The Morgan fingerprint density at radius 1 is 0.951 bits per heavy atom. The van der Waals surface area contributed by atoms with Crippen molar-refractivity contribution >= 4 is 72.9 Å². The first kappa shape index (κ1) is 45.6. The van der Waals surface area contributed by atoms with E-state index in [0.29, 0.717) is 78.4 Å². The summed E-state index contributed by atoms with van der Waals surface area (Å²) in [5.74, 6) is -0.852. The standard InChI is InChI=1S/C43H56BrN9O7S/c1-28-12-10-16-34(38(28)39(45)56)49-40-33(44)26-47-43(51-40)48-30-20-23-52(24-21-30)61(59,60)25-22-46-36(54)17-9-7-5-3-2-4-6-8-13-29-14-11-15-31-32(29)27-53(42(31)58)35-18-19-37(55)50-41(35)57/h10-12,14-16,26,30,35H,2-9,13,17-25,27H2,1H3,(H2,45,56)(H,46,54)(H,50,55,57)(H2,47,48,49,51). The van der Waals surface area contributed by atoms with Crippen LogP contribution in [0.3, 0.4) is 0 Å². The number of hydrogen-bond acceptors (Lipinski definition) is 11. The maximum absolute atomic E-state index is 13.1. The van der Waals surface area contributed by atoms with Gasteiger partial charge in [-0.3, -0.25) is 29.3 Å². The second-order valence-corrected chi connectivity index (χ2v) is 19.0. The van der Waals surface area contributed by atoms with E-state index in [1.54, 1.807) is 30.2 Å². The zero-order valence-electron chi connectivity index (χ0n) is 34.6. The second kappa shape index (κ2) is 21.2. The summed E-state index contributed by atoms with van der Waals surface area (Å²) in [6, 6.07) is 10.5. The predicted octanol–water partition coefficient (Wildman–Crippen LogP) is 5.23. The average Bonchev–Trinajstić information content (AvgIpc) is 3.56. The third-order valence-electron chi connectivity index (χ3n) is 11.7. The number of fused-ring (bicyclic) bond motifs is 1. The van der Waals surface area contributed by atoms with Crippen LogP contribution in [0.1, 0.15) is 121 Å². The van der Waals surface area contributed by atoms with Crippen molar-refractivity contribution in [2.75, 3.05) is 36.0 Å². The number of nitrogens with one attached hydrogen (secondary N) is 4. The molecular formula is C43H56BrN9O7S. The fourth-order valence-electron chi connectivity index (χ4n) is 8.29. The monoisotopic (exact) mass is 921 g/mol. The predicted molar refractivity (Wildman–Crippen MR) is 235 cm³/mol. The highest BCUT2D eigenvalue weighted by molar-refractivity contribution is 9.10. The number of primary amides is 1. The van der Waals surface area contributed by atoms with Gasteiger partial charge in [-0.1, -0.05) is 62.8 Å². The van der Waals surface area contributed by atoms with Gasteiger partial charge in [-0.05, 0) is 90.2 Å². The van der Waals surface area contributed by atoms with Crippen LogP contribution in [-0.2, 0) is 37.4 Å². The van der Waals surface area contributed by atoms with E-state index in [9.17, 15) is 32.4 Å². The smallest absolute Gasteiger partial charge is 0.255 e. The summed E-state index contributed by atoms with van der Waals surface area (Å²) >= 11 is 3.46. The van der Waals surface area contributed by atoms with E-state index >= 15 is 0 Å². The number of carbonyl (C=O) groups excluding carboxylic acids is 5. The Kier molecular flexibility index (Phi) is 15.9. The number of piperidine rings is 2. The van der Waals surface area contributed by atoms with E-state index in [-0.39, 0.29) is 42.5 Å². The van der Waals surface area contributed by atoms with Crippen molar-refractivity contribution in [2.24, 2.45) is 5.73 Å². The summed E-state index contributed by atoms with van der Waals surface area (Å²) < 4.78 is 28.2. The van der Waals surface area contributed by atoms with Gasteiger partial charge in [0.2, 0.25) is 33.7 Å². The minimum atomic E-state index is -3.54. The van der Waals surface area contributed by atoms with Gasteiger partial charge in [0.25, 0.3) is 11.8 Å². The molecule has 61 heavy (non-hydrogen) atoms. The molecule has 4 heterocycles. The molecule has 6 rings (SSSR count). The van der Waals surface area contributed by atoms with Crippen LogP contribution in [0.15, 0.2) is 47.1 Å². The minimum Gasteiger partial charge on any atom is -0.366 e. The average molecular weight is 923 g/mol. The first-order valence-corrected chi connectivity index (χ1v) is 23.7. The number of hydrogen-bond donors (Lipinski definition) is 5. The fourth-order valence-corrected chi connectivity index (χ4v) is 9.97. The number of nitrogens with zero attached hydrogens (tertiary/aromatic N) is 4. The van der Waals surface area contributed by atoms with Crippen molar-refractivity contribution in [3.8, 4) is 0 Å². The number of sulfonamides is 1. The number of halogens is 1. The van der Waals surface area contributed by atoms with Crippen LogP contribution < -0.4 is 27.0 Å². The summed E-state index contributed by atoms with van der Waals surface area (Å²) in [6.07, 6.45) is 12.7. The van der Waals surface area contributed by atoms with E-state index in [1.807, 2.05) is 18.2 Å². The Hall–Kier alpha value is -4.94. The van der Waals surface area contributed by atoms with E-state index < -0.39 is 27.9 Å². The van der Waals surface area contributed by atoms with Crippen LogP contribution in [0.4, 0.5) is 17.5 Å². The number of amides is 5. The van der Waals surface area contributed by atoms with Crippen molar-refractivity contribution < 1.29 is 32.4 Å². The van der Waals surface area contributed by atoms with E-state index in [2.05, 4.69) is 53.2 Å². The fraction of sp³-hybridized carbons (Fsp3) is 0.512. The molecule has 1 atom stereocenters. The van der Waals surface area contributed by atoms with Gasteiger partial charge >= 0.3 is 0 Å². The molecule has 3 aliphatic heterocycles. The molecule has 0 aliphatic carbocycles. The lowest BCUT2D eigenvalue weighted by atomic mass is 9.97. The van der Waals surface area contributed by atoms with Gasteiger partial charge in [-0.15, -0.1) is 0 Å². The summed E-state index contributed by atoms with van der Waals surface area (Å²) in [6.45, 7) is 2.95. The quantitative estimate of drug-likeness (QED) is 0.0687. The molecular weight excluding hydrogens is 866 g/mol. The number of anilines is 3. The lowest BCUT2D eigenvalue weighted by Gasteiger charge is -2.31. The van der Waals surface area contributed by atoms with Crippen LogP contribution in [0.5, 0.6) is 0 Å². The number of unbranched alkanes of at least 4 members (excludes halogenated alkanes) is 7. The molecule has 6 N–H and O–H groups in total. The van der Waals surface area contributed by atoms with Gasteiger partial charge in [-0.25, -0.2) is 17.7 Å². The molecule has 0 radical (unpaired) electrons. The highest BCUT2D eigenvalue weighted by Gasteiger charge is 2.39. The number of aryl methyl sites for hydroxylation is 2. The molecule has 1 aromatic heterocycles. The normalized spacial score (nSPS) is 17.2. The van der Waals surface area contributed by atoms with Crippen LogP contribution in [0.25, 0.3) is 0 Å². The number of aromatic nitrogens is 2. The Morgan fingerprint density at radius 2 is 1.66 bits per heavy atom. The maximum Gasteiger partial charge on any atom is 0.255 e. The van der Waals surface area contributed by atoms with Gasteiger partial charge in [0.15, 0.2) is 0 Å². The third-order valence-corrected chi connectivity index (χ3v) is 14.1. The molecule has 328 valence electrons. The topological polar surface area (TPSA) is 226 Å². The molecule has 2 fully saturated rings. The van der Waals surface area contributed by atoms with Crippen LogP contribution in [0.2, 0.25) is 0 Å². The van der Waals surface area contributed by atoms with Gasteiger partial charge in [0.1, 0.15) is 11.9 Å². The second-order valence-electron chi connectivity index (χ2n) is 16.0. The number of carbonyl (C=O) groups is 5. The van der Waals surface area contributed by atoms with Gasteiger partial charge in [0.05, 0.1) is 21.5 Å². The Morgan fingerprint density at radius 3 is 2.38 bits per heavy atom. The first-order valence-electron chi connectivity index (χ1n) is 21.3. The highest BCUT2D eigenvalue weighted by Crippen LogP contribution is 2.31. The van der Waals surface area contributed by atoms with E-state index in [0.717, 1.165) is 74.5 Å². The number of rotatable bonds is 21. The molecule has 5 amide bonds. The molecule has 3 aliphatic rings. The summed E-state index contributed by atoms with van der Waals surface area (Å²) in [4.78, 5) is 72.1. The Bertz CT molecular complexity index is 2220. The molecule has 16 nitrogen and oxygen atoms in total. The third kappa shape index (κ3) is 12.1. The van der Waals surface area contributed by atoms with Gasteiger partial charge in [-0.2, -0.15) is 4.98 Å². The number of benzene rings is 2.